The van der Waals surface area contributed by atoms with E-state index in [9.17, 15) is 14.7 Å². The van der Waals surface area contributed by atoms with Gasteiger partial charge < -0.3 is 14.7 Å². The third-order valence-electron chi connectivity index (χ3n) is 4.14. The highest BCUT2D eigenvalue weighted by Gasteiger charge is 2.18. The van der Waals surface area contributed by atoms with Gasteiger partial charge in [0.25, 0.3) is 5.91 Å². The molecule has 5 heteroatoms. The number of fused-ring (bicyclic) bond motifs is 1. The highest BCUT2D eigenvalue weighted by atomic mass is 16.5. The third-order valence-corrected chi connectivity index (χ3v) is 4.14. The largest absolute Gasteiger partial charge is 0.506 e. The Balaban J connectivity index is 1.63. The molecule has 1 amide bonds. The average Bonchev–Trinajstić information content (AvgIpc) is 2.67. The molecule has 3 aromatic carbocycles. The zero-order valence-corrected chi connectivity index (χ0v) is 14.4. The predicted octanol–water partition coefficient (Wildman–Crippen LogP) is 3.36. The summed E-state index contributed by atoms with van der Waals surface area (Å²) < 4.78 is 5.09. The van der Waals surface area contributed by atoms with Crippen molar-refractivity contribution in [1.82, 2.24) is 4.90 Å². The molecule has 0 bridgehead atoms. The first-order valence-electron chi connectivity index (χ1n) is 8.22. The van der Waals surface area contributed by atoms with E-state index in [0.29, 0.717) is 11.9 Å². The van der Waals surface area contributed by atoms with Crippen molar-refractivity contribution < 1.29 is 19.4 Å². The van der Waals surface area contributed by atoms with Crippen LogP contribution in [0.1, 0.15) is 15.9 Å². The van der Waals surface area contributed by atoms with Gasteiger partial charge in [0.2, 0.25) is 0 Å². The summed E-state index contributed by atoms with van der Waals surface area (Å²) in [5, 5.41) is 11.7. The van der Waals surface area contributed by atoms with Crippen molar-refractivity contribution >= 4 is 22.6 Å². The fourth-order valence-corrected chi connectivity index (χ4v) is 2.68. The standard InChI is InChI=1S/C21H19NO4/c1-22(13-15-7-3-2-4-8-15)19(23)14-26-21(25)18-12-11-16-9-5-6-10-17(16)20(18)24/h2-12,24H,13-14H2,1H3. The summed E-state index contributed by atoms with van der Waals surface area (Å²) in [6, 6.07) is 20.0. The molecule has 0 radical (unpaired) electrons. The zero-order chi connectivity index (χ0) is 18.5. The third kappa shape index (κ3) is 3.83. The lowest BCUT2D eigenvalue weighted by Crippen LogP contribution is -2.30. The molecule has 0 spiro atoms. The summed E-state index contributed by atoms with van der Waals surface area (Å²) >= 11 is 0. The second-order valence-corrected chi connectivity index (χ2v) is 5.99. The van der Waals surface area contributed by atoms with E-state index in [1.807, 2.05) is 42.5 Å². The quantitative estimate of drug-likeness (QED) is 0.717. The molecule has 1 N–H and O–H groups in total. The summed E-state index contributed by atoms with van der Waals surface area (Å²) in [6.07, 6.45) is 0. The van der Waals surface area contributed by atoms with Crippen molar-refractivity contribution in [1.29, 1.82) is 0 Å². The van der Waals surface area contributed by atoms with Crippen LogP contribution in [-0.4, -0.2) is 35.5 Å². The Morgan fingerprint density at radius 2 is 1.65 bits per heavy atom. The summed E-state index contributed by atoms with van der Waals surface area (Å²) in [5.74, 6) is -1.18. The number of hydrogen-bond donors (Lipinski definition) is 1. The Kier molecular flexibility index (Phi) is 5.17. The monoisotopic (exact) mass is 349 g/mol. The van der Waals surface area contributed by atoms with E-state index in [-0.39, 0.29) is 23.8 Å². The molecule has 0 saturated carbocycles. The Morgan fingerprint density at radius 3 is 2.42 bits per heavy atom. The molecule has 0 heterocycles. The van der Waals surface area contributed by atoms with Crippen molar-refractivity contribution in [2.75, 3.05) is 13.7 Å². The van der Waals surface area contributed by atoms with Crippen LogP contribution >= 0.6 is 0 Å². The van der Waals surface area contributed by atoms with Gasteiger partial charge in [0, 0.05) is 19.0 Å². The van der Waals surface area contributed by atoms with E-state index < -0.39 is 5.97 Å². The zero-order valence-electron chi connectivity index (χ0n) is 14.4. The van der Waals surface area contributed by atoms with Crippen LogP contribution < -0.4 is 0 Å². The molecular formula is C21H19NO4. The molecule has 0 aliphatic rings. The summed E-state index contributed by atoms with van der Waals surface area (Å²) in [7, 11) is 1.65. The molecule has 3 aromatic rings. The first-order valence-corrected chi connectivity index (χ1v) is 8.22. The molecule has 0 aliphatic carbocycles. The van der Waals surface area contributed by atoms with Crippen LogP contribution in [0.25, 0.3) is 10.8 Å². The number of carbonyl (C=O) groups is 2. The molecule has 0 aromatic heterocycles. The lowest BCUT2D eigenvalue weighted by Gasteiger charge is -2.17. The molecule has 5 nitrogen and oxygen atoms in total. The number of phenols is 1. The van der Waals surface area contributed by atoms with Crippen molar-refractivity contribution in [3.63, 3.8) is 0 Å². The number of phenolic OH excluding ortho intramolecular Hbond substituents is 1. The maximum atomic E-state index is 12.2. The lowest BCUT2D eigenvalue weighted by atomic mass is 10.1. The van der Waals surface area contributed by atoms with E-state index >= 15 is 0 Å². The van der Waals surface area contributed by atoms with Crippen molar-refractivity contribution in [2.45, 2.75) is 6.54 Å². The van der Waals surface area contributed by atoms with E-state index in [4.69, 9.17) is 4.74 Å². The van der Waals surface area contributed by atoms with Gasteiger partial charge in [-0.05, 0) is 17.0 Å². The molecule has 132 valence electrons. The van der Waals surface area contributed by atoms with Gasteiger partial charge in [-0.15, -0.1) is 0 Å². The van der Waals surface area contributed by atoms with Gasteiger partial charge in [-0.1, -0.05) is 60.7 Å². The van der Waals surface area contributed by atoms with Crippen LogP contribution in [0.2, 0.25) is 0 Å². The predicted molar refractivity (Wildman–Crippen MR) is 98.8 cm³/mol. The second-order valence-electron chi connectivity index (χ2n) is 5.99. The molecule has 0 atom stereocenters. The number of esters is 1. The fourth-order valence-electron chi connectivity index (χ4n) is 2.68. The van der Waals surface area contributed by atoms with Crippen LogP contribution in [0.5, 0.6) is 5.75 Å². The first kappa shape index (κ1) is 17.5. The highest BCUT2D eigenvalue weighted by molar-refractivity contribution is 6.01. The van der Waals surface area contributed by atoms with E-state index in [2.05, 4.69) is 0 Å². The number of amides is 1. The van der Waals surface area contributed by atoms with E-state index in [1.54, 1.807) is 25.2 Å². The van der Waals surface area contributed by atoms with Gasteiger partial charge in [-0.25, -0.2) is 4.79 Å². The van der Waals surface area contributed by atoms with Crippen molar-refractivity contribution in [2.24, 2.45) is 0 Å². The average molecular weight is 349 g/mol. The number of likely N-dealkylation sites (N-methyl/N-ethyl adjacent to an activating group) is 1. The van der Waals surface area contributed by atoms with E-state index in [0.717, 1.165) is 10.9 Å². The maximum Gasteiger partial charge on any atom is 0.342 e. The summed E-state index contributed by atoms with van der Waals surface area (Å²) in [4.78, 5) is 25.9. The molecule has 26 heavy (non-hydrogen) atoms. The van der Waals surface area contributed by atoms with Gasteiger partial charge >= 0.3 is 5.97 Å². The Morgan fingerprint density at radius 1 is 0.962 bits per heavy atom. The van der Waals surface area contributed by atoms with Crippen LogP contribution in [-0.2, 0) is 16.1 Å². The van der Waals surface area contributed by atoms with Crippen LogP contribution in [0.3, 0.4) is 0 Å². The number of carbonyl (C=O) groups excluding carboxylic acids is 2. The van der Waals surface area contributed by atoms with Gasteiger partial charge in [-0.3, -0.25) is 4.79 Å². The molecule has 0 unspecified atom stereocenters. The number of nitrogens with zero attached hydrogens (tertiary/aromatic N) is 1. The molecule has 3 rings (SSSR count). The summed E-state index contributed by atoms with van der Waals surface area (Å²) in [5.41, 5.74) is 1.03. The SMILES string of the molecule is CN(Cc1ccccc1)C(=O)COC(=O)c1ccc2ccccc2c1O. The Bertz CT molecular complexity index is 937. The number of ether oxygens (including phenoxy) is 1. The molecule has 0 saturated heterocycles. The number of rotatable bonds is 5. The minimum Gasteiger partial charge on any atom is -0.506 e. The Labute approximate surface area is 151 Å². The smallest absolute Gasteiger partial charge is 0.342 e. The van der Waals surface area contributed by atoms with Crippen molar-refractivity contribution in [3.05, 3.63) is 77.9 Å². The van der Waals surface area contributed by atoms with Crippen molar-refractivity contribution in [3.8, 4) is 5.75 Å². The van der Waals surface area contributed by atoms with E-state index in [1.165, 1.54) is 11.0 Å². The van der Waals surface area contributed by atoms with Gasteiger partial charge in [-0.2, -0.15) is 0 Å². The number of benzene rings is 3. The summed E-state index contributed by atoms with van der Waals surface area (Å²) in [6.45, 7) is 0.0485. The van der Waals surface area contributed by atoms with Gasteiger partial charge in [0.05, 0.1) is 0 Å². The molecule has 0 aliphatic heterocycles. The first-order chi connectivity index (χ1) is 12.6. The topological polar surface area (TPSA) is 66.8 Å². The van der Waals surface area contributed by atoms with Gasteiger partial charge in [0.15, 0.2) is 6.61 Å². The minimum absolute atomic E-state index is 0.0437. The fraction of sp³-hybridized carbons (Fsp3) is 0.143. The molecular weight excluding hydrogens is 330 g/mol. The minimum atomic E-state index is -0.727. The number of aromatic hydroxyl groups is 1. The van der Waals surface area contributed by atoms with Crippen LogP contribution in [0.4, 0.5) is 0 Å². The normalized spacial score (nSPS) is 10.5. The lowest BCUT2D eigenvalue weighted by molar-refractivity contribution is -0.133. The Hall–Kier alpha value is -3.34. The maximum absolute atomic E-state index is 12.2. The number of hydrogen-bond acceptors (Lipinski definition) is 4. The van der Waals surface area contributed by atoms with Crippen LogP contribution in [0, 0.1) is 0 Å². The second kappa shape index (κ2) is 7.70. The van der Waals surface area contributed by atoms with Crippen LogP contribution in [0.15, 0.2) is 66.7 Å². The highest BCUT2D eigenvalue weighted by Crippen LogP contribution is 2.28. The van der Waals surface area contributed by atoms with Gasteiger partial charge in [0.1, 0.15) is 11.3 Å². The molecule has 0 fully saturated rings.